The van der Waals surface area contributed by atoms with Crippen molar-refractivity contribution in [3.8, 4) is 5.75 Å². The van der Waals surface area contributed by atoms with Gasteiger partial charge in [-0.3, -0.25) is 15.0 Å². The molecule has 0 spiro atoms. The minimum Gasteiger partial charge on any atom is -0.507 e. The summed E-state index contributed by atoms with van der Waals surface area (Å²) in [6, 6.07) is 6.24. The highest BCUT2D eigenvalue weighted by Gasteiger charge is 2.41. The fraction of sp³-hybridized carbons (Fsp3) is 0.267. The van der Waals surface area contributed by atoms with E-state index in [0.29, 0.717) is 24.0 Å². The molecule has 5 nitrogen and oxygen atoms in total. The second-order valence-corrected chi connectivity index (χ2v) is 4.98. The number of carbonyl (C=O) groups is 2. The smallest absolute Gasteiger partial charge is 0.262 e. The molecule has 20 heavy (non-hydrogen) atoms. The first-order valence-corrected chi connectivity index (χ1v) is 6.59. The Labute approximate surface area is 116 Å². The number of hydrogen-bond donors (Lipinski definition) is 2. The number of phenolic OH excluding ortho intramolecular Hbond substituents is 1. The molecule has 1 aromatic rings. The third-order valence-electron chi connectivity index (χ3n) is 3.77. The molecular formula is C15H14N2O3. The summed E-state index contributed by atoms with van der Waals surface area (Å²) >= 11 is 0. The van der Waals surface area contributed by atoms with E-state index in [2.05, 4.69) is 0 Å². The molecule has 102 valence electrons. The first-order chi connectivity index (χ1) is 9.61. The van der Waals surface area contributed by atoms with Crippen molar-refractivity contribution in [2.24, 2.45) is 0 Å². The van der Waals surface area contributed by atoms with Crippen LogP contribution in [-0.4, -0.2) is 27.7 Å². The molecule has 2 aliphatic rings. The van der Waals surface area contributed by atoms with Gasteiger partial charge in [-0.25, -0.2) is 4.90 Å². The van der Waals surface area contributed by atoms with Crippen molar-refractivity contribution in [2.75, 3.05) is 0 Å². The van der Waals surface area contributed by atoms with Gasteiger partial charge in [0, 0.05) is 11.1 Å². The van der Waals surface area contributed by atoms with Gasteiger partial charge in [0.1, 0.15) is 11.6 Å². The minimum absolute atomic E-state index is 0.108. The Kier molecular flexibility index (Phi) is 2.89. The van der Waals surface area contributed by atoms with Crippen LogP contribution in [0.3, 0.4) is 0 Å². The van der Waals surface area contributed by atoms with E-state index in [1.54, 1.807) is 12.1 Å². The maximum absolute atomic E-state index is 12.3. The monoisotopic (exact) mass is 270 g/mol. The van der Waals surface area contributed by atoms with Gasteiger partial charge >= 0.3 is 0 Å². The molecule has 0 fully saturated rings. The number of imide groups is 1. The van der Waals surface area contributed by atoms with Crippen LogP contribution in [0.5, 0.6) is 5.75 Å². The van der Waals surface area contributed by atoms with E-state index >= 15 is 0 Å². The Bertz CT molecular complexity index is 633. The number of aromatic hydroxyl groups is 1. The van der Waals surface area contributed by atoms with Gasteiger partial charge in [-0.15, -0.1) is 0 Å². The topological polar surface area (TPSA) is 81.5 Å². The summed E-state index contributed by atoms with van der Waals surface area (Å²) < 4.78 is 0. The van der Waals surface area contributed by atoms with E-state index < -0.39 is 11.8 Å². The third-order valence-corrected chi connectivity index (χ3v) is 3.77. The van der Waals surface area contributed by atoms with Crippen molar-refractivity contribution in [2.45, 2.75) is 25.7 Å². The van der Waals surface area contributed by atoms with Gasteiger partial charge in [0.2, 0.25) is 0 Å². The number of amidine groups is 1. The number of hydrogen-bond acceptors (Lipinski definition) is 4. The highest BCUT2D eigenvalue weighted by atomic mass is 16.3. The molecule has 1 aliphatic heterocycles. The van der Waals surface area contributed by atoms with E-state index in [1.165, 1.54) is 12.1 Å². The van der Waals surface area contributed by atoms with Crippen LogP contribution in [0, 0.1) is 5.41 Å². The Morgan fingerprint density at radius 2 is 1.60 bits per heavy atom. The number of carbonyl (C=O) groups excluding carboxylic acids is 2. The molecule has 0 aromatic heterocycles. The summed E-state index contributed by atoms with van der Waals surface area (Å²) in [7, 11) is 0. The van der Waals surface area contributed by atoms with Crippen LogP contribution in [-0.2, 0) is 9.59 Å². The number of nitrogens with zero attached hydrogens (tertiary/aromatic N) is 1. The van der Waals surface area contributed by atoms with Crippen LogP contribution in [0.2, 0.25) is 0 Å². The van der Waals surface area contributed by atoms with Crippen molar-refractivity contribution in [1.29, 1.82) is 5.41 Å². The van der Waals surface area contributed by atoms with Crippen LogP contribution in [0.15, 0.2) is 35.4 Å². The van der Waals surface area contributed by atoms with E-state index in [9.17, 15) is 14.7 Å². The van der Waals surface area contributed by atoms with E-state index in [-0.39, 0.29) is 17.1 Å². The Hall–Kier alpha value is -2.43. The predicted octanol–water partition coefficient (Wildman–Crippen LogP) is 1.96. The molecule has 0 atom stereocenters. The van der Waals surface area contributed by atoms with E-state index in [4.69, 9.17) is 5.41 Å². The lowest BCUT2D eigenvalue weighted by molar-refractivity contribution is -0.132. The van der Waals surface area contributed by atoms with Gasteiger partial charge in [0.25, 0.3) is 11.8 Å². The molecule has 1 aliphatic carbocycles. The number of amides is 2. The molecule has 0 unspecified atom stereocenters. The van der Waals surface area contributed by atoms with Crippen molar-refractivity contribution in [1.82, 2.24) is 4.90 Å². The number of phenols is 1. The largest absolute Gasteiger partial charge is 0.507 e. The zero-order chi connectivity index (χ0) is 14.3. The SMILES string of the molecule is N=C(c1ccccc1O)N1C(=O)C2=C(CCCC2)C1=O. The average molecular weight is 270 g/mol. The Morgan fingerprint density at radius 1 is 1.05 bits per heavy atom. The summed E-state index contributed by atoms with van der Waals surface area (Å²) in [6.07, 6.45) is 3.00. The second kappa shape index (κ2) is 4.59. The first-order valence-electron chi connectivity index (χ1n) is 6.59. The van der Waals surface area contributed by atoms with Gasteiger partial charge in [0.15, 0.2) is 0 Å². The van der Waals surface area contributed by atoms with Crippen molar-refractivity contribution in [3.63, 3.8) is 0 Å². The zero-order valence-electron chi connectivity index (χ0n) is 10.8. The summed E-state index contributed by atoms with van der Waals surface area (Å²) in [4.78, 5) is 25.5. The van der Waals surface area contributed by atoms with E-state index in [0.717, 1.165) is 17.7 Å². The molecule has 0 radical (unpaired) electrons. The second-order valence-electron chi connectivity index (χ2n) is 4.98. The normalized spacial score (nSPS) is 18.5. The molecule has 0 saturated heterocycles. The zero-order valence-corrected chi connectivity index (χ0v) is 10.8. The highest BCUT2D eigenvalue weighted by Crippen LogP contribution is 2.34. The lowest BCUT2D eigenvalue weighted by atomic mass is 9.93. The molecule has 1 heterocycles. The van der Waals surface area contributed by atoms with E-state index in [1.807, 2.05) is 0 Å². The molecule has 2 N–H and O–H groups in total. The summed E-state index contributed by atoms with van der Waals surface area (Å²) in [6.45, 7) is 0. The quantitative estimate of drug-likeness (QED) is 0.465. The Balaban J connectivity index is 1.97. The Morgan fingerprint density at radius 3 is 2.15 bits per heavy atom. The van der Waals surface area contributed by atoms with Crippen LogP contribution >= 0.6 is 0 Å². The van der Waals surface area contributed by atoms with Crippen LogP contribution in [0.4, 0.5) is 0 Å². The lowest BCUT2D eigenvalue weighted by Crippen LogP contribution is -2.37. The van der Waals surface area contributed by atoms with Crippen LogP contribution < -0.4 is 0 Å². The fourth-order valence-electron chi connectivity index (χ4n) is 2.74. The minimum atomic E-state index is -0.405. The van der Waals surface area contributed by atoms with Crippen LogP contribution in [0.25, 0.3) is 0 Å². The molecule has 1 aromatic carbocycles. The van der Waals surface area contributed by atoms with Crippen LogP contribution in [0.1, 0.15) is 31.2 Å². The van der Waals surface area contributed by atoms with Gasteiger partial charge < -0.3 is 5.11 Å². The maximum atomic E-state index is 12.3. The summed E-state index contributed by atoms with van der Waals surface area (Å²) in [5.41, 5.74) is 1.27. The maximum Gasteiger partial charge on any atom is 0.262 e. The first kappa shape index (κ1) is 12.6. The summed E-state index contributed by atoms with van der Waals surface area (Å²) in [5, 5.41) is 17.8. The molecule has 0 saturated carbocycles. The standard InChI is InChI=1S/C15H14N2O3/c16-13(11-7-3-4-8-12(11)18)17-14(19)9-5-1-2-6-10(9)15(17)20/h3-4,7-8,16,18H,1-2,5-6H2. The van der Waals surface area contributed by atoms with Crippen molar-refractivity contribution in [3.05, 3.63) is 41.0 Å². The van der Waals surface area contributed by atoms with Crippen molar-refractivity contribution >= 4 is 17.6 Å². The van der Waals surface area contributed by atoms with Gasteiger partial charge in [0.05, 0.1) is 5.56 Å². The average Bonchev–Trinajstić information content (AvgIpc) is 2.71. The van der Waals surface area contributed by atoms with Crippen molar-refractivity contribution < 1.29 is 14.7 Å². The van der Waals surface area contributed by atoms with Gasteiger partial charge in [-0.2, -0.15) is 0 Å². The lowest BCUT2D eigenvalue weighted by Gasteiger charge is -2.16. The summed E-state index contributed by atoms with van der Waals surface area (Å²) in [5.74, 6) is -1.17. The number of para-hydroxylation sites is 1. The molecule has 0 bridgehead atoms. The number of benzene rings is 1. The van der Waals surface area contributed by atoms with Gasteiger partial charge in [-0.05, 0) is 37.8 Å². The molecular weight excluding hydrogens is 256 g/mol. The van der Waals surface area contributed by atoms with Gasteiger partial charge in [-0.1, -0.05) is 12.1 Å². The highest BCUT2D eigenvalue weighted by molar-refractivity contribution is 6.30. The fourth-order valence-corrected chi connectivity index (χ4v) is 2.74. The predicted molar refractivity (Wildman–Crippen MR) is 72.3 cm³/mol. The number of nitrogens with one attached hydrogen (secondary N) is 1. The molecule has 3 rings (SSSR count). The molecule has 5 heteroatoms. The third kappa shape index (κ3) is 1.74. The molecule has 2 amide bonds. The number of rotatable bonds is 1.